The van der Waals surface area contributed by atoms with Crippen molar-refractivity contribution < 1.29 is 30.5 Å². The SMILES string of the molecule is CC(C=Cc1sc2cc(C)ccc2[n+]1CCCCS(=O)(=O)O)=CC=C1Sc2cc(C)ccc2N1CCCCS(=O)(=O)O. The third-order valence-electron chi connectivity index (χ3n) is 6.82. The van der Waals surface area contributed by atoms with E-state index in [1.54, 1.807) is 23.1 Å². The fraction of sp³-hybridized carbons (Fsp3) is 0.367. The van der Waals surface area contributed by atoms with Gasteiger partial charge in [0.05, 0.1) is 22.2 Å². The van der Waals surface area contributed by atoms with E-state index in [-0.39, 0.29) is 11.5 Å². The Balaban J connectivity index is 1.53. The van der Waals surface area contributed by atoms with Crippen LogP contribution in [-0.4, -0.2) is 44.0 Å². The second-order valence-electron chi connectivity index (χ2n) is 10.5. The van der Waals surface area contributed by atoms with Crippen LogP contribution in [0.2, 0.25) is 0 Å². The van der Waals surface area contributed by atoms with Crippen molar-refractivity contribution in [3.63, 3.8) is 0 Å². The molecule has 4 rings (SSSR count). The molecule has 0 atom stereocenters. The number of allylic oxidation sites excluding steroid dienone is 4. The number of hydrogen-bond acceptors (Lipinski definition) is 7. The number of aromatic nitrogens is 1. The number of thiazole rings is 1. The van der Waals surface area contributed by atoms with Crippen LogP contribution in [0.5, 0.6) is 0 Å². The molecule has 0 saturated heterocycles. The van der Waals surface area contributed by atoms with Crippen molar-refractivity contribution in [1.82, 2.24) is 0 Å². The van der Waals surface area contributed by atoms with E-state index in [9.17, 15) is 16.8 Å². The molecule has 226 valence electrons. The van der Waals surface area contributed by atoms with Crippen LogP contribution in [-0.2, 0) is 26.8 Å². The standard InChI is InChI=1S/C30H36N2O6S4/c1-22(10-14-29-31(16-4-6-18-41(33,34)35)25-12-8-23(2)20-27(25)39-29)11-15-30-32(17-5-7-19-42(36,37)38)26-13-9-24(3)21-28(26)40-30/h8-15,20-21H,4-7,16-19H2,1-3H3,(H-,33,34,35,36,37,38)/p+1. The molecule has 2 N–H and O–H groups in total. The fourth-order valence-corrected chi connectivity index (χ4v) is 8.22. The van der Waals surface area contributed by atoms with E-state index < -0.39 is 20.2 Å². The molecule has 1 aromatic heterocycles. The van der Waals surface area contributed by atoms with Crippen LogP contribution in [0.15, 0.2) is 70.1 Å². The van der Waals surface area contributed by atoms with Gasteiger partial charge >= 0.3 is 0 Å². The Morgan fingerprint density at radius 2 is 1.60 bits per heavy atom. The second kappa shape index (κ2) is 13.9. The predicted molar refractivity (Wildman–Crippen MR) is 173 cm³/mol. The van der Waals surface area contributed by atoms with Gasteiger partial charge in [0.15, 0.2) is 6.54 Å². The van der Waals surface area contributed by atoms with Gasteiger partial charge in [-0.1, -0.05) is 53.0 Å². The highest BCUT2D eigenvalue weighted by Gasteiger charge is 2.24. The van der Waals surface area contributed by atoms with E-state index in [4.69, 9.17) is 9.11 Å². The van der Waals surface area contributed by atoms with Crippen LogP contribution in [0.25, 0.3) is 16.3 Å². The normalized spacial score (nSPS) is 15.4. The maximum absolute atomic E-state index is 11.1. The van der Waals surface area contributed by atoms with Gasteiger partial charge in [0.1, 0.15) is 4.70 Å². The summed E-state index contributed by atoms with van der Waals surface area (Å²) in [6, 6.07) is 12.6. The van der Waals surface area contributed by atoms with Crippen molar-refractivity contribution in [2.24, 2.45) is 0 Å². The first-order valence-electron chi connectivity index (χ1n) is 13.7. The smallest absolute Gasteiger partial charge is 0.264 e. The highest BCUT2D eigenvalue weighted by Crippen LogP contribution is 2.46. The molecule has 0 aliphatic carbocycles. The zero-order valence-electron chi connectivity index (χ0n) is 24.0. The van der Waals surface area contributed by atoms with Crippen LogP contribution in [0.4, 0.5) is 5.69 Å². The Bertz CT molecular complexity index is 1760. The van der Waals surface area contributed by atoms with Gasteiger partial charge in [-0.15, -0.1) is 0 Å². The molecule has 0 saturated carbocycles. The van der Waals surface area contributed by atoms with Crippen molar-refractivity contribution in [2.75, 3.05) is 23.0 Å². The molecule has 0 radical (unpaired) electrons. The van der Waals surface area contributed by atoms with Crippen molar-refractivity contribution in [1.29, 1.82) is 0 Å². The summed E-state index contributed by atoms with van der Waals surface area (Å²) in [5, 5.41) is 2.11. The van der Waals surface area contributed by atoms with E-state index in [0.717, 1.165) is 36.4 Å². The number of rotatable bonds is 13. The van der Waals surface area contributed by atoms with Crippen molar-refractivity contribution in [3.8, 4) is 0 Å². The van der Waals surface area contributed by atoms with E-state index in [2.05, 4.69) is 84.0 Å². The molecule has 2 heterocycles. The highest BCUT2D eigenvalue weighted by molar-refractivity contribution is 8.03. The molecule has 0 fully saturated rings. The maximum Gasteiger partial charge on any atom is 0.264 e. The molecule has 3 aromatic rings. The molecule has 1 aliphatic heterocycles. The number of aryl methyl sites for hydroxylation is 3. The minimum absolute atomic E-state index is 0.241. The highest BCUT2D eigenvalue weighted by atomic mass is 32.2. The second-order valence-corrected chi connectivity index (χ2v) is 15.8. The number of fused-ring (bicyclic) bond motifs is 2. The van der Waals surface area contributed by atoms with E-state index >= 15 is 0 Å². The van der Waals surface area contributed by atoms with Crippen LogP contribution < -0.4 is 9.47 Å². The molecule has 8 nitrogen and oxygen atoms in total. The molecule has 1 aliphatic rings. The number of thioether (sulfide) groups is 1. The third-order valence-corrected chi connectivity index (χ3v) is 10.7. The van der Waals surface area contributed by atoms with Gasteiger partial charge in [-0.2, -0.15) is 21.4 Å². The first kappa shape index (κ1) is 32.4. The summed E-state index contributed by atoms with van der Waals surface area (Å²) in [5.74, 6) is -0.481. The Kier molecular flexibility index (Phi) is 10.7. The summed E-state index contributed by atoms with van der Waals surface area (Å²) >= 11 is 3.37. The monoisotopic (exact) mass is 649 g/mol. The van der Waals surface area contributed by atoms with Crippen LogP contribution >= 0.6 is 23.1 Å². The van der Waals surface area contributed by atoms with Gasteiger partial charge in [-0.05, 0) is 75.4 Å². The Hall–Kier alpha value is -2.48. The minimum Gasteiger partial charge on any atom is -0.335 e. The summed E-state index contributed by atoms with van der Waals surface area (Å²) in [4.78, 5) is 3.36. The number of unbranched alkanes of at least 4 members (excludes halogenated alkanes) is 2. The Labute approximate surface area is 257 Å². The van der Waals surface area contributed by atoms with Crippen LogP contribution in [0, 0.1) is 13.8 Å². The first-order chi connectivity index (χ1) is 19.8. The molecular formula is C30H37N2O6S4+. The zero-order valence-corrected chi connectivity index (χ0v) is 27.3. The number of hydrogen-bond donors (Lipinski definition) is 2. The predicted octanol–water partition coefficient (Wildman–Crippen LogP) is 6.55. The average molecular weight is 650 g/mol. The summed E-state index contributed by atoms with van der Waals surface area (Å²) in [5.41, 5.74) is 5.59. The van der Waals surface area contributed by atoms with E-state index in [0.29, 0.717) is 38.8 Å². The number of nitrogens with zero attached hydrogens (tertiary/aromatic N) is 2. The average Bonchev–Trinajstić information content (AvgIpc) is 3.41. The van der Waals surface area contributed by atoms with E-state index in [1.807, 2.05) is 6.92 Å². The minimum atomic E-state index is -3.97. The van der Waals surface area contributed by atoms with Crippen molar-refractivity contribution in [3.05, 3.63) is 81.4 Å². The van der Waals surface area contributed by atoms with Gasteiger partial charge in [-0.3, -0.25) is 9.11 Å². The van der Waals surface area contributed by atoms with E-state index in [1.165, 1.54) is 11.1 Å². The zero-order chi connectivity index (χ0) is 30.5. The summed E-state index contributed by atoms with van der Waals surface area (Å²) < 4.78 is 66.1. The van der Waals surface area contributed by atoms with Gasteiger partial charge in [0.25, 0.3) is 25.2 Å². The molecule has 42 heavy (non-hydrogen) atoms. The maximum atomic E-state index is 11.1. The Morgan fingerprint density at radius 3 is 2.31 bits per heavy atom. The first-order valence-corrected chi connectivity index (χ1v) is 18.6. The third kappa shape index (κ3) is 9.26. The van der Waals surface area contributed by atoms with Gasteiger partial charge in [0, 0.05) is 30.0 Å². The summed E-state index contributed by atoms with van der Waals surface area (Å²) in [6.45, 7) is 7.45. The topological polar surface area (TPSA) is 116 Å². The van der Waals surface area contributed by atoms with Crippen molar-refractivity contribution >= 4 is 65.3 Å². The molecule has 0 unspecified atom stereocenters. The summed E-state index contributed by atoms with van der Waals surface area (Å²) in [7, 11) is -7.94. The van der Waals surface area contributed by atoms with Gasteiger partial charge in [0.2, 0.25) is 5.52 Å². The quantitative estimate of drug-likeness (QED) is 0.0927. The van der Waals surface area contributed by atoms with Gasteiger partial charge < -0.3 is 4.90 Å². The fourth-order valence-electron chi connectivity index (χ4n) is 4.70. The van der Waals surface area contributed by atoms with Crippen LogP contribution in [0.3, 0.4) is 0 Å². The van der Waals surface area contributed by atoms with Gasteiger partial charge in [-0.25, -0.2) is 0 Å². The largest absolute Gasteiger partial charge is 0.335 e. The molecule has 2 aromatic carbocycles. The lowest BCUT2D eigenvalue weighted by atomic mass is 10.2. The van der Waals surface area contributed by atoms with Crippen molar-refractivity contribution in [2.45, 2.75) is 57.9 Å². The molecule has 0 amide bonds. The van der Waals surface area contributed by atoms with Crippen LogP contribution in [0.1, 0.15) is 48.7 Å². The lowest BCUT2D eigenvalue weighted by Gasteiger charge is -2.20. The molecule has 0 bridgehead atoms. The lowest BCUT2D eigenvalue weighted by Crippen LogP contribution is -2.35. The molecule has 12 heteroatoms. The lowest BCUT2D eigenvalue weighted by molar-refractivity contribution is -0.669. The molecular weight excluding hydrogens is 613 g/mol. The summed E-state index contributed by atoms with van der Waals surface area (Å²) in [6.07, 6.45) is 10.3. The number of anilines is 1. The Morgan fingerprint density at radius 1 is 0.929 bits per heavy atom. The number of benzene rings is 2. The molecule has 0 spiro atoms.